The largest absolute Gasteiger partial charge is 0.351 e. The molecule has 1 aromatic rings. The highest BCUT2D eigenvalue weighted by Gasteiger charge is 2.27. The summed E-state index contributed by atoms with van der Waals surface area (Å²) in [6.07, 6.45) is 3.09. The predicted octanol–water partition coefficient (Wildman–Crippen LogP) is -0.0580. The lowest BCUT2D eigenvalue weighted by Crippen LogP contribution is -3.17. The summed E-state index contributed by atoms with van der Waals surface area (Å²) in [4.78, 5) is 23.6. The number of amides is 3. The summed E-state index contributed by atoms with van der Waals surface area (Å²) in [6, 6.07) is 9.17. The van der Waals surface area contributed by atoms with Gasteiger partial charge in [0.05, 0.1) is 13.1 Å². The molecule has 0 spiro atoms. The van der Waals surface area contributed by atoms with E-state index in [0.717, 1.165) is 24.4 Å². The summed E-state index contributed by atoms with van der Waals surface area (Å²) < 4.78 is 0. The molecule has 1 aliphatic heterocycles. The molecule has 0 radical (unpaired) electrons. The van der Waals surface area contributed by atoms with Gasteiger partial charge in [-0.2, -0.15) is 0 Å². The summed E-state index contributed by atoms with van der Waals surface area (Å²) in [6.45, 7) is 3.46. The fraction of sp³-hybridized carbons (Fsp3) is 0.333. The minimum atomic E-state index is -0.793. The number of nitrogens with one attached hydrogen (secondary N) is 2. The number of nitrogens with two attached hydrogens (primary N) is 1. The number of primary amides is 1. The summed E-state index contributed by atoms with van der Waals surface area (Å²) in [7, 11) is 0. The van der Waals surface area contributed by atoms with Crippen molar-refractivity contribution >= 4 is 17.5 Å². The standard InChI is InChI=1S/C15H19N3O2/c1-11(14(19)17-15(16)20)18-9-7-13(8-10-18)12-5-3-2-4-6-12/h2-7,11H,8-10H2,1H3,(H3,16,17,19,20)/p+1/t11-/m1/s1. The third-order valence-electron chi connectivity index (χ3n) is 3.72. The molecule has 1 unspecified atom stereocenters. The van der Waals surface area contributed by atoms with E-state index in [1.165, 1.54) is 11.1 Å². The Morgan fingerprint density at radius 2 is 2.00 bits per heavy atom. The predicted molar refractivity (Wildman–Crippen MR) is 76.9 cm³/mol. The maximum Gasteiger partial charge on any atom is 0.319 e. The topological polar surface area (TPSA) is 76.6 Å². The number of carbonyl (C=O) groups excluding carboxylic acids is 2. The fourth-order valence-electron chi connectivity index (χ4n) is 2.48. The lowest BCUT2D eigenvalue weighted by molar-refractivity contribution is -0.909. The zero-order chi connectivity index (χ0) is 14.5. The van der Waals surface area contributed by atoms with E-state index in [1.54, 1.807) is 0 Å². The molecule has 4 N–H and O–H groups in total. The van der Waals surface area contributed by atoms with Gasteiger partial charge in [-0.05, 0) is 24.1 Å². The second-order valence-corrected chi connectivity index (χ2v) is 5.03. The third kappa shape index (κ3) is 3.45. The van der Waals surface area contributed by atoms with Crippen LogP contribution in [-0.4, -0.2) is 31.1 Å². The van der Waals surface area contributed by atoms with Crippen LogP contribution in [0, 0.1) is 0 Å². The molecule has 0 aromatic heterocycles. The molecule has 20 heavy (non-hydrogen) atoms. The molecule has 0 fully saturated rings. The van der Waals surface area contributed by atoms with Crippen LogP contribution in [0.3, 0.4) is 0 Å². The molecule has 0 aliphatic carbocycles. The highest BCUT2D eigenvalue weighted by atomic mass is 16.2. The van der Waals surface area contributed by atoms with Crippen LogP contribution in [0.15, 0.2) is 36.4 Å². The Labute approximate surface area is 118 Å². The molecule has 3 amide bonds. The van der Waals surface area contributed by atoms with E-state index >= 15 is 0 Å². The van der Waals surface area contributed by atoms with Crippen LogP contribution in [0.1, 0.15) is 18.9 Å². The van der Waals surface area contributed by atoms with Gasteiger partial charge in [0.15, 0.2) is 6.04 Å². The van der Waals surface area contributed by atoms with Gasteiger partial charge in [-0.3, -0.25) is 10.1 Å². The van der Waals surface area contributed by atoms with Crippen molar-refractivity contribution in [2.45, 2.75) is 19.4 Å². The molecular weight excluding hydrogens is 254 g/mol. The Hall–Kier alpha value is -2.14. The Kier molecular flexibility index (Phi) is 4.53. The van der Waals surface area contributed by atoms with E-state index in [0.29, 0.717) is 0 Å². The lowest BCUT2D eigenvalue weighted by Gasteiger charge is -2.27. The maximum absolute atomic E-state index is 11.8. The maximum atomic E-state index is 11.8. The second kappa shape index (κ2) is 6.34. The molecule has 1 aromatic carbocycles. The fourth-order valence-corrected chi connectivity index (χ4v) is 2.48. The van der Waals surface area contributed by atoms with Gasteiger partial charge < -0.3 is 10.6 Å². The molecule has 2 atom stereocenters. The van der Waals surface area contributed by atoms with E-state index < -0.39 is 6.03 Å². The molecule has 0 saturated carbocycles. The van der Waals surface area contributed by atoms with Crippen LogP contribution in [0.25, 0.3) is 5.57 Å². The first-order chi connectivity index (χ1) is 9.58. The van der Waals surface area contributed by atoms with Crippen molar-refractivity contribution in [1.29, 1.82) is 0 Å². The van der Waals surface area contributed by atoms with Crippen molar-refractivity contribution in [2.24, 2.45) is 5.73 Å². The third-order valence-corrected chi connectivity index (χ3v) is 3.72. The van der Waals surface area contributed by atoms with Crippen LogP contribution < -0.4 is 16.0 Å². The van der Waals surface area contributed by atoms with Gasteiger partial charge in [0.25, 0.3) is 5.91 Å². The summed E-state index contributed by atoms with van der Waals surface area (Å²) in [5.74, 6) is -0.316. The Bertz CT molecular complexity index is 525. The average molecular weight is 274 g/mol. The Morgan fingerprint density at radius 1 is 1.30 bits per heavy atom. The summed E-state index contributed by atoms with van der Waals surface area (Å²) in [5, 5.41) is 2.14. The molecule has 1 aliphatic rings. The van der Waals surface area contributed by atoms with Crippen molar-refractivity contribution in [3.05, 3.63) is 42.0 Å². The number of hydrogen-bond donors (Lipinski definition) is 3. The summed E-state index contributed by atoms with van der Waals surface area (Å²) in [5.41, 5.74) is 7.52. The van der Waals surface area contributed by atoms with Gasteiger partial charge in [-0.1, -0.05) is 30.3 Å². The number of carbonyl (C=O) groups is 2. The van der Waals surface area contributed by atoms with Crippen molar-refractivity contribution in [2.75, 3.05) is 13.1 Å². The number of rotatable bonds is 3. The van der Waals surface area contributed by atoms with E-state index in [9.17, 15) is 9.59 Å². The van der Waals surface area contributed by atoms with Crippen molar-refractivity contribution in [3.63, 3.8) is 0 Å². The van der Waals surface area contributed by atoms with Gasteiger partial charge in [-0.25, -0.2) is 4.79 Å². The number of benzene rings is 1. The minimum absolute atomic E-state index is 0.281. The molecule has 5 nitrogen and oxygen atoms in total. The first-order valence-electron chi connectivity index (χ1n) is 6.77. The van der Waals surface area contributed by atoms with E-state index in [1.807, 2.05) is 25.1 Å². The van der Waals surface area contributed by atoms with Crippen LogP contribution in [0.4, 0.5) is 4.79 Å². The average Bonchev–Trinajstić information content (AvgIpc) is 2.47. The first kappa shape index (κ1) is 14.3. The highest BCUT2D eigenvalue weighted by molar-refractivity contribution is 5.95. The van der Waals surface area contributed by atoms with Gasteiger partial charge in [0, 0.05) is 6.42 Å². The monoisotopic (exact) mass is 274 g/mol. The zero-order valence-electron chi connectivity index (χ0n) is 11.6. The smallest absolute Gasteiger partial charge is 0.319 e. The van der Waals surface area contributed by atoms with Crippen molar-refractivity contribution < 1.29 is 14.5 Å². The van der Waals surface area contributed by atoms with Crippen molar-refractivity contribution in [3.8, 4) is 0 Å². The van der Waals surface area contributed by atoms with Gasteiger partial charge in [0.2, 0.25) is 0 Å². The van der Waals surface area contributed by atoms with E-state index in [-0.39, 0.29) is 11.9 Å². The number of imide groups is 1. The molecule has 106 valence electrons. The molecule has 0 bridgehead atoms. The summed E-state index contributed by atoms with van der Waals surface area (Å²) >= 11 is 0. The number of urea groups is 1. The lowest BCUT2D eigenvalue weighted by atomic mass is 9.99. The van der Waals surface area contributed by atoms with E-state index in [4.69, 9.17) is 5.73 Å². The molecule has 5 heteroatoms. The van der Waals surface area contributed by atoms with Crippen LogP contribution in [0.2, 0.25) is 0 Å². The molecule has 1 heterocycles. The van der Waals surface area contributed by atoms with Crippen molar-refractivity contribution in [1.82, 2.24) is 5.32 Å². The SMILES string of the molecule is C[C@H](C(=O)NC(N)=O)[NH+]1CC=C(c2ccccc2)CC1. The Balaban J connectivity index is 1.98. The van der Waals surface area contributed by atoms with Gasteiger partial charge >= 0.3 is 6.03 Å². The highest BCUT2D eigenvalue weighted by Crippen LogP contribution is 2.17. The first-order valence-corrected chi connectivity index (χ1v) is 6.77. The molecule has 2 rings (SSSR count). The number of quaternary nitrogens is 1. The zero-order valence-corrected chi connectivity index (χ0v) is 11.6. The van der Waals surface area contributed by atoms with Gasteiger partial charge in [-0.15, -0.1) is 0 Å². The van der Waals surface area contributed by atoms with Gasteiger partial charge in [0.1, 0.15) is 0 Å². The Morgan fingerprint density at radius 3 is 2.55 bits per heavy atom. The second-order valence-electron chi connectivity index (χ2n) is 5.03. The van der Waals surface area contributed by atoms with Crippen LogP contribution >= 0.6 is 0 Å². The van der Waals surface area contributed by atoms with E-state index in [2.05, 4.69) is 23.5 Å². The minimum Gasteiger partial charge on any atom is -0.351 e. The quantitative estimate of drug-likeness (QED) is 0.722. The normalized spacial score (nSPS) is 19.9. The molecule has 0 saturated heterocycles. The van der Waals surface area contributed by atoms with Crippen LogP contribution in [-0.2, 0) is 4.79 Å². The van der Waals surface area contributed by atoms with Crippen LogP contribution in [0.5, 0.6) is 0 Å². The number of hydrogen-bond acceptors (Lipinski definition) is 2. The molecular formula is C15H20N3O2+.